The molecule has 0 N–H and O–H groups in total. The van der Waals surface area contributed by atoms with E-state index < -0.39 is 0 Å². The summed E-state index contributed by atoms with van der Waals surface area (Å²) >= 11 is 6.21. The van der Waals surface area contributed by atoms with Gasteiger partial charge in [-0.15, -0.1) is 0 Å². The van der Waals surface area contributed by atoms with Gasteiger partial charge in [0.15, 0.2) is 0 Å². The number of nitrogens with zero attached hydrogens (tertiary/aromatic N) is 2. The zero-order valence-corrected chi connectivity index (χ0v) is 15.4. The average molecular weight is 373 g/mol. The molecule has 2 saturated heterocycles. The van der Waals surface area contributed by atoms with Gasteiger partial charge >= 0.3 is 0 Å². The lowest BCUT2D eigenvalue weighted by Gasteiger charge is -2.60. The van der Waals surface area contributed by atoms with Crippen LogP contribution in [0.2, 0.25) is 5.02 Å². The zero-order chi connectivity index (χ0) is 18.1. The predicted molar refractivity (Wildman–Crippen MR) is 101 cm³/mol. The van der Waals surface area contributed by atoms with Crippen molar-refractivity contribution in [3.8, 4) is 0 Å². The van der Waals surface area contributed by atoms with Crippen LogP contribution < -0.4 is 0 Å². The van der Waals surface area contributed by atoms with E-state index in [-0.39, 0.29) is 11.7 Å². The molecule has 4 rings (SSSR count). The summed E-state index contributed by atoms with van der Waals surface area (Å²) in [5.41, 5.74) is 2.35. The zero-order valence-electron chi connectivity index (χ0n) is 14.6. The predicted octanol–water partition coefficient (Wildman–Crippen LogP) is 3.41. The molecule has 1 spiro atoms. The van der Waals surface area contributed by atoms with Gasteiger partial charge in [0, 0.05) is 43.2 Å². The Morgan fingerprint density at radius 3 is 2.42 bits per heavy atom. The molecule has 3 nitrogen and oxygen atoms in total. The number of benzene rings is 2. The molecule has 0 bridgehead atoms. The van der Waals surface area contributed by atoms with Crippen LogP contribution in [0.25, 0.3) is 0 Å². The van der Waals surface area contributed by atoms with Gasteiger partial charge in [-0.3, -0.25) is 4.79 Å². The molecule has 0 aromatic heterocycles. The molecule has 2 aliphatic rings. The second kappa shape index (κ2) is 7.01. The summed E-state index contributed by atoms with van der Waals surface area (Å²) in [7, 11) is 0. The van der Waals surface area contributed by atoms with Gasteiger partial charge in [0.25, 0.3) is 0 Å². The quantitative estimate of drug-likeness (QED) is 0.803. The SMILES string of the molecule is O=C(Cc1ccc(F)cc1)N1CC2(CN(CCc3ccccc3Cl)C2)C1. The molecule has 0 aliphatic carbocycles. The Bertz CT molecular complexity index is 794. The van der Waals surface area contributed by atoms with Gasteiger partial charge in [-0.1, -0.05) is 41.9 Å². The first-order valence-corrected chi connectivity index (χ1v) is 9.39. The summed E-state index contributed by atoms with van der Waals surface area (Å²) in [6.07, 6.45) is 1.32. The Kier molecular flexibility index (Phi) is 4.72. The lowest BCUT2D eigenvalue weighted by Crippen LogP contribution is -2.73. The number of rotatable bonds is 5. The molecule has 0 saturated carbocycles. The minimum absolute atomic E-state index is 0.136. The fourth-order valence-electron chi connectivity index (χ4n) is 4.07. The molecule has 0 radical (unpaired) electrons. The third-order valence-corrected chi connectivity index (χ3v) is 5.82. The second-order valence-electron chi connectivity index (χ2n) is 7.61. The topological polar surface area (TPSA) is 23.6 Å². The molecule has 2 aromatic carbocycles. The Balaban J connectivity index is 1.20. The number of hydrogen-bond donors (Lipinski definition) is 0. The summed E-state index contributed by atoms with van der Waals surface area (Å²) in [4.78, 5) is 16.7. The van der Waals surface area contributed by atoms with Crippen molar-refractivity contribution in [2.24, 2.45) is 5.41 Å². The number of halogens is 2. The Hall–Kier alpha value is -1.91. The largest absolute Gasteiger partial charge is 0.341 e. The number of hydrogen-bond acceptors (Lipinski definition) is 2. The van der Waals surface area contributed by atoms with Crippen molar-refractivity contribution in [2.75, 3.05) is 32.7 Å². The normalized spacial score (nSPS) is 18.5. The summed E-state index contributed by atoms with van der Waals surface area (Å²) in [5.74, 6) is -0.132. The van der Waals surface area contributed by atoms with Gasteiger partial charge in [-0.2, -0.15) is 0 Å². The summed E-state index contributed by atoms with van der Waals surface area (Å²) in [6, 6.07) is 14.2. The van der Waals surface area contributed by atoms with Gasteiger partial charge in [0.2, 0.25) is 5.91 Å². The van der Waals surface area contributed by atoms with E-state index >= 15 is 0 Å². The highest BCUT2D eigenvalue weighted by atomic mass is 35.5. The molecule has 2 heterocycles. The molecule has 26 heavy (non-hydrogen) atoms. The maximum atomic E-state index is 12.9. The van der Waals surface area contributed by atoms with E-state index in [4.69, 9.17) is 11.6 Å². The second-order valence-corrected chi connectivity index (χ2v) is 8.01. The van der Waals surface area contributed by atoms with Crippen LogP contribution in [0.1, 0.15) is 11.1 Å². The maximum Gasteiger partial charge on any atom is 0.227 e. The van der Waals surface area contributed by atoms with Gasteiger partial charge in [-0.05, 0) is 35.7 Å². The molecule has 2 aliphatic heterocycles. The molecular weight excluding hydrogens is 351 g/mol. The van der Waals surface area contributed by atoms with Crippen LogP contribution in [0, 0.1) is 11.2 Å². The third kappa shape index (κ3) is 3.62. The Labute approximate surface area is 158 Å². The highest BCUT2D eigenvalue weighted by Gasteiger charge is 2.52. The van der Waals surface area contributed by atoms with Crippen LogP contribution in [0.5, 0.6) is 0 Å². The van der Waals surface area contributed by atoms with E-state index in [1.54, 1.807) is 12.1 Å². The van der Waals surface area contributed by atoms with Crippen LogP contribution in [-0.2, 0) is 17.6 Å². The van der Waals surface area contributed by atoms with Crippen molar-refractivity contribution in [1.29, 1.82) is 0 Å². The van der Waals surface area contributed by atoms with Crippen LogP contribution in [0.15, 0.2) is 48.5 Å². The van der Waals surface area contributed by atoms with Crippen molar-refractivity contribution < 1.29 is 9.18 Å². The van der Waals surface area contributed by atoms with Crippen molar-refractivity contribution >= 4 is 17.5 Å². The van der Waals surface area contributed by atoms with E-state index in [2.05, 4.69) is 11.0 Å². The fourth-order valence-corrected chi connectivity index (χ4v) is 4.30. The third-order valence-electron chi connectivity index (χ3n) is 5.45. The minimum atomic E-state index is -0.268. The standard InChI is InChI=1S/C21H22ClFN2O/c22-19-4-2-1-3-17(19)9-10-24-12-21(13-24)14-25(15-21)20(26)11-16-5-7-18(23)8-6-16/h1-8H,9-15H2. The van der Waals surface area contributed by atoms with Crippen molar-refractivity contribution in [1.82, 2.24) is 9.80 Å². The highest BCUT2D eigenvalue weighted by Crippen LogP contribution is 2.39. The Morgan fingerprint density at radius 2 is 1.73 bits per heavy atom. The summed E-state index contributed by atoms with van der Waals surface area (Å²) < 4.78 is 12.9. The molecule has 0 atom stereocenters. The van der Waals surface area contributed by atoms with E-state index in [0.29, 0.717) is 11.8 Å². The molecule has 136 valence electrons. The number of carbonyl (C=O) groups is 1. The van der Waals surface area contributed by atoms with Crippen LogP contribution in [0.4, 0.5) is 4.39 Å². The van der Waals surface area contributed by atoms with Crippen LogP contribution >= 0.6 is 11.6 Å². The van der Waals surface area contributed by atoms with E-state index in [1.165, 1.54) is 17.7 Å². The molecule has 5 heteroatoms. The highest BCUT2D eigenvalue weighted by molar-refractivity contribution is 6.31. The first kappa shape index (κ1) is 17.5. The van der Waals surface area contributed by atoms with Crippen molar-refractivity contribution in [2.45, 2.75) is 12.8 Å². The van der Waals surface area contributed by atoms with E-state index in [1.807, 2.05) is 23.1 Å². The average Bonchev–Trinajstić information content (AvgIpc) is 2.55. The molecule has 2 fully saturated rings. The van der Waals surface area contributed by atoms with Crippen LogP contribution in [-0.4, -0.2) is 48.4 Å². The van der Waals surface area contributed by atoms with Gasteiger partial charge in [0.05, 0.1) is 6.42 Å². The number of carbonyl (C=O) groups excluding carboxylic acids is 1. The summed E-state index contributed by atoms with van der Waals surface area (Å²) in [5, 5.41) is 0.837. The number of likely N-dealkylation sites (tertiary alicyclic amines) is 2. The fraction of sp³-hybridized carbons (Fsp3) is 0.381. The summed E-state index contributed by atoms with van der Waals surface area (Å²) in [6.45, 7) is 4.80. The molecule has 2 aromatic rings. The van der Waals surface area contributed by atoms with Gasteiger partial charge in [-0.25, -0.2) is 4.39 Å². The Morgan fingerprint density at radius 1 is 1.04 bits per heavy atom. The number of amides is 1. The first-order chi connectivity index (χ1) is 12.5. The smallest absolute Gasteiger partial charge is 0.227 e. The van der Waals surface area contributed by atoms with Crippen LogP contribution in [0.3, 0.4) is 0 Å². The minimum Gasteiger partial charge on any atom is -0.341 e. The lowest BCUT2D eigenvalue weighted by atomic mass is 9.72. The first-order valence-electron chi connectivity index (χ1n) is 9.01. The van der Waals surface area contributed by atoms with E-state index in [9.17, 15) is 9.18 Å². The lowest BCUT2D eigenvalue weighted by molar-refractivity contribution is -0.158. The van der Waals surface area contributed by atoms with Crippen molar-refractivity contribution in [3.05, 3.63) is 70.5 Å². The maximum absolute atomic E-state index is 12.9. The van der Waals surface area contributed by atoms with Gasteiger partial charge in [0.1, 0.15) is 5.82 Å². The molecular formula is C21H22ClFN2O. The molecule has 1 amide bonds. The monoisotopic (exact) mass is 372 g/mol. The molecule has 0 unspecified atom stereocenters. The van der Waals surface area contributed by atoms with E-state index in [0.717, 1.165) is 49.7 Å². The van der Waals surface area contributed by atoms with Crippen molar-refractivity contribution in [3.63, 3.8) is 0 Å². The van der Waals surface area contributed by atoms with Gasteiger partial charge < -0.3 is 9.80 Å².